The third kappa shape index (κ3) is 0.674. The van der Waals surface area contributed by atoms with Gasteiger partial charge in [-0.25, -0.2) is 9.97 Å². The molecular formula is C8H10N3O+. The first kappa shape index (κ1) is 6.25. The zero-order valence-corrected chi connectivity index (χ0v) is 6.61. The van der Waals surface area contributed by atoms with Gasteiger partial charge >= 0.3 is 5.65 Å². The van der Waals surface area contributed by atoms with Crippen LogP contribution in [-0.4, -0.2) is 11.5 Å². The van der Waals surface area contributed by atoms with Crippen LogP contribution >= 0.6 is 0 Å². The second-order valence-electron chi connectivity index (χ2n) is 3.09. The van der Waals surface area contributed by atoms with Gasteiger partial charge in [-0.3, -0.25) is 0 Å². The number of hydrogen-bond acceptors (Lipinski definition) is 2. The molecule has 2 aromatic rings. The number of aromatic nitrogens is 2. The fraction of sp³-hybridized carbons (Fsp3) is 0.375. The maximum Gasteiger partial charge on any atom is 0.323 e. The third-order valence-electron chi connectivity index (χ3n) is 2.37. The zero-order valence-electron chi connectivity index (χ0n) is 6.61. The summed E-state index contributed by atoms with van der Waals surface area (Å²) in [5.41, 5.74) is 4.55. The van der Waals surface area contributed by atoms with Crippen molar-refractivity contribution in [3.63, 3.8) is 0 Å². The topological polar surface area (TPSA) is 55.1 Å². The first-order valence-corrected chi connectivity index (χ1v) is 4.14. The molecule has 3 N–H and O–H groups in total. The molecule has 0 fully saturated rings. The Hall–Kier alpha value is -1.29. The molecule has 3 rings (SSSR count). The second kappa shape index (κ2) is 2.10. The van der Waals surface area contributed by atoms with Gasteiger partial charge < -0.3 is 9.73 Å². The molecule has 0 spiro atoms. The molecule has 62 valence electrons. The molecule has 0 saturated carbocycles. The van der Waals surface area contributed by atoms with E-state index in [0.717, 1.165) is 30.7 Å². The largest absolute Gasteiger partial charge is 0.419 e. The minimum absolute atomic E-state index is 0.913. The van der Waals surface area contributed by atoms with Crippen LogP contribution in [0.4, 0.5) is 0 Å². The maximum absolute atomic E-state index is 5.33. The summed E-state index contributed by atoms with van der Waals surface area (Å²) in [4.78, 5) is 6.33. The highest BCUT2D eigenvalue weighted by Crippen LogP contribution is 2.21. The molecule has 3 heterocycles. The normalized spacial score (nSPS) is 16.7. The van der Waals surface area contributed by atoms with Crippen molar-refractivity contribution >= 4 is 11.2 Å². The van der Waals surface area contributed by atoms with Gasteiger partial charge in [-0.1, -0.05) is 0 Å². The Balaban J connectivity index is 2.34. The lowest BCUT2D eigenvalue weighted by molar-refractivity contribution is -0.356. The predicted molar refractivity (Wildman–Crippen MR) is 42.5 cm³/mol. The molecule has 0 amide bonds. The first-order valence-electron chi connectivity index (χ1n) is 4.14. The minimum atomic E-state index is 0.913. The highest BCUT2D eigenvalue weighted by Gasteiger charge is 2.22. The van der Waals surface area contributed by atoms with Crippen LogP contribution in [0, 0.1) is 0 Å². The van der Waals surface area contributed by atoms with Crippen molar-refractivity contribution in [1.82, 2.24) is 10.3 Å². The van der Waals surface area contributed by atoms with E-state index in [1.54, 1.807) is 6.39 Å². The third-order valence-corrected chi connectivity index (χ3v) is 2.37. The number of rotatable bonds is 0. The summed E-state index contributed by atoms with van der Waals surface area (Å²) >= 11 is 0. The molecule has 4 nitrogen and oxygen atoms in total. The molecule has 4 heteroatoms. The molecule has 12 heavy (non-hydrogen) atoms. The highest BCUT2D eigenvalue weighted by molar-refractivity contribution is 5.72. The Labute approximate surface area is 69.0 Å². The van der Waals surface area contributed by atoms with E-state index >= 15 is 0 Å². The van der Waals surface area contributed by atoms with Crippen LogP contribution in [0.25, 0.3) is 11.2 Å². The number of aromatic amines is 2. The van der Waals surface area contributed by atoms with Crippen LogP contribution in [-0.2, 0) is 13.0 Å². The van der Waals surface area contributed by atoms with Crippen molar-refractivity contribution < 1.29 is 9.40 Å². The molecule has 0 aliphatic carbocycles. The molecule has 1 aliphatic rings. The zero-order chi connectivity index (χ0) is 7.97. The monoisotopic (exact) mass is 164 g/mol. The fourth-order valence-electron chi connectivity index (χ4n) is 1.78. The average Bonchev–Trinajstić information content (AvgIpc) is 2.62. The van der Waals surface area contributed by atoms with E-state index in [1.165, 1.54) is 11.3 Å². The van der Waals surface area contributed by atoms with E-state index in [4.69, 9.17) is 4.42 Å². The molecule has 0 radical (unpaired) electrons. The van der Waals surface area contributed by atoms with Gasteiger partial charge in [0.05, 0.1) is 5.56 Å². The Bertz CT molecular complexity index is 415. The average molecular weight is 164 g/mol. The molecule has 0 atom stereocenters. The van der Waals surface area contributed by atoms with E-state index in [0.29, 0.717) is 0 Å². The summed E-state index contributed by atoms with van der Waals surface area (Å²) in [6.45, 7) is 1.97. The van der Waals surface area contributed by atoms with Gasteiger partial charge in [-0.15, -0.1) is 0 Å². The van der Waals surface area contributed by atoms with Crippen molar-refractivity contribution in [1.29, 1.82) is 0 Å². The Morgan fingerprint density at radius 1 is 1.50 bits per heavy atom. The van der Waals surface area contributed by atoms with Crippen molar-refractivity contribution in [2.45, 2.75) is 13.0 Å². The van der Waals surface area contributed by atoms with Crippen LogP contribution in [0.1, 0.15) is 11.3 Å². The number of H-pyrrole nitrogens is 2. The predicted octanol–water partition coefficient (Wildman–Crippen LogP) is 0.221. The maximum atomic E-state index is 5.33. The lowest BCUT2D eigenvalue weighted by Gasteiger charge is -2.08. The van der Waals surface area contributed by atoms with Crippen molar-refractivity contribution in [3.05, 3.63) is 17.7 Å². The van der Waals surface area contributed by atoms with Gasteiger partial charge in [0.2, 0.25) is 12.0 Å². The Morgan fingerprint density at radius 2 is 2.50 bits per heavy atom. The van der Waals surface area contributed by atoms with Gasteiger partial charge in [0.15, 0.2) is 0 Å². The van der Waals surface area contributed by atoms with Crippen molar-refractivity contribution in [3.8, 4) is 0 Å². The van der Waals surface area contributed by atoms with Gasteiger partial charge in [0.1, 0.15) is 5.69 Å². The van der Waals surface area contributed by atoms with Crippen LogP contribution in [0.3, 0.4) is 0 Å². The summed E-state index contributed by atoms with van der Waals surface area (Å²) in [7, 11) is 0. The Kier molecular flexibility index (Phi) is 1.10. The summed E-state index contributed by atoms with van der Waals surface area (Å²) in [6, 6.07) is 0. The van der Waals surface area contributed by atoms with E-state index in [1.807, 2.05) is 0 Å². The number of hydrogen-bond donors (Lipinski definition) is 2. The minimum Gasteiger partial charge on any atom is -0.419 e. The Morgan fingerprint density at radius 3 is 3.50 bits per heavy atom. The van der Waals surface area contributed by atoms with Crippen LogP contribution in [0.15, 0.2) is 10.8 Å². The lowest BCUT2D eigenvalue weighted by atomic mass is 10.1. The van der Waals surface area contributed by atoms with Crippen molar-refractivity contribution in [2.75, 3.05) is 6.54 Å². The van der Waals surface area contributed by atoms with E-state index < -0.39 is 0 Å². The molecule has 2 aromatic heterocycles. The summed E-state index contributed by atoms with van der Waals surface area (Å²) in [5, 5.41) is 3.32. The standard InChI is InChI=1S/C8H9N3O/c1-2-9-3-5-6(1)11-8-7(5)12-4-10-8/h4,9,11H,1-3H2/p+1. The van der Waals surface area contributed by atoms with Gasteiger partial charge in [0, 0.05) is 19.5 Å². The molecule has 1 aliphatic heterocycles. The molecule has 0 unspecified atom stereocenters. The van der Waals surface area contributed by atoms with E-state index in [2.05, 4.69) is 15.3 Å². The van der Waals surface area contributed by atoms with Crippen LogP contribution < -0.4 is 10.3 Å². The number of oxazole rings is 1. The fourth-order valence-corrected chi connectivity index (χ4v) is 1.78. The van der Waals surface area contributed by atoms with Crippen LogP contribution in [0.5, 0.6) is 0 Å². The highest BCUT2D eigenvalue weighted by atomic mass is 16.3. The summed E-state index contributed by atoms with van der Waals surface area (Å²) in [5.74, 6) is 0. The number of fused-ring (bicyclic) bond motifs is 3. The smallest absolute Gasteiger partial charge is 0.323 e. The first-order chi connectivity index (χ1) is 5.95. The SMILES string of the molecule is c1[nH+]c2[nH]c3c(c2o1)CNCC3. The van der Waals surface area contributed by atoms with Gasteiger partial charge in [-0.2, -0.15) is 0 Å². The van der Waals surface area contributed by atoms with E-state index in [-0.39, 0.29) is 0 Å². The number of nitrogens with one attached hydrogen (secondary N) is 3. The van der Waals surface area contributed by atoms with Gasteiger partial charge in [0.25, 0.3) is 0 Å². The molecule has 0 bridgehead atoms. The molecular weight excluding hydrogens is 154 g/mol. The molecule has 0 saturated heterocycles. The van der Waals surface area contributed by atoms with Crippen LogP contribution in [0.2, 0.25) is 0 Å². The van der Waals surface area contributed by atoms with Gasteiger partial charge in [-0.05, 0) is 0 Å². The quantitative estimate of drug-likeness (QED) is 0.585. The summed E-state index contributed by atoms with van der Waals surface area (Å²) in [6.07, 6.45) is 2.67. The summed E-state index contributed by atoms with van der Waals surface area (Å²) < 4.78 is 5.33. The molecule has 0 aromatic carbocycles. The van der Waals surface area contributed by atoms with Crippen molar-refractivity contribution in [2.24, 2.45) is 0 Å². The van der Waals surface area contributed by atoms with E-state index in [9.17, 15) is 0 Å². The second-order valence-corrected chi connectivity index (χ2v) is 3.09. The lowest BCUT2D eigenvalue weighted by Crippen LogP contribution is -2.22.